The quantitative estimate of drug-likeness (QED) is 0.219. The molecule has 0 aromatic heterocycles. The van der Waals surface area contributed by atoms with Gasteiger partial charge < -0.3 is 4.74 Å². The lowest BCUT2D eigenvalue weighted by atomic mass is 9.87. The highest BCUT2D eigenvalue weighted by Gasteiger charge is 2.55. The lowest BCUT2D eigenvalue weighted by Gasteiger charge is -2.33. The van der Waals surface area contributed by atoms with Gasteiger partial charge in [-0.15, -0.1) is 10.3 Å². The van der Waals surface area contributed by atoms with Crippen LogP contribution < -0.4 is 15.9 Å². The SMILES string of the molecule is CC1(C)CC(C(=O)OCCCC[P+](c2ccccc2)(c2ccccc2)c2ccccc2)C(C)(C)N1[O]. The maximum atomic E-state index is 12.9. The maximum absolute atomic E-state index is 12.9. The molecule has 4 nitrogen and oxygen atoms in total. The van der Waals surface area contributed by atoms with Crippen molar-refractivity contribution < 1.29 is 14.7 Å². The van der Waals surface area contributed by atoms with E-state index in [0.29, 0.717) is 13.0 Å². The number of benzene rings is 3. The van der Waals surface area contributed by atoms with Gasteiger partial charge in [0, 0.05) is 5.54 Å². The molecule has 189 valence electrons. The van der Waals surface area contributed by atoms with Crippen molar-refractivity contribution in [3.8, 4) is 0 Å². The summed E-state index contributed by atoms with van der Waals surface area (Å²) < 4.78 is 5.74. The van der Waals surface area contributed by atoms with Gasteiger partial charge in [-0.25, -0.2) is 0 Å². The van der Waals surface area contributed by atoms with Crippen molar-refractivity contribution in [2.24, 2.45) is 5.92 Å². The number of hydroxylamine groups is 2. The maximum Gasteiger partial charge on any atom is 0.310 e. The van der Waals surface area contributed by atoms with Crippen molar-refractivity contribution in [2.45, 2.75) is 58.0 Å². The summed E-state index contributed by atoms with van der Waals surface area (Å²) in [4.78, 5) is 12.9. The van der Waals surface area contributed by atoms with Crippen LogP contribution in [0.3, 0.4) is 0 Å². The molecule has 1 radical (unpaired) electrons. The minimum atomic E-state index is -1.87. The number of nitrogens with zero attached hydrogens (tertiary/aromatic N) is 1. The molecular weight excluding hydrogens is 465 g/mol. The largest absolute Gasteiger partial charge is 0.465 e. The molecule has 1 heterocycles. The summed E-state index contributed by atoms with van der Waals surface area (Å²) in [6.45, 7) is 7.87. The highest BCUT2D eigenvalue weighted by molar-refractivity contribution is 7.95. The number of carbonyl (C=O) groups is 1. The van der Waals surface area contributed by atoms with Gasteiger partial charge in [-0.05, 0) is 83.4 Å². The van der Waals surface area contributed by atoms with E-state index in [2.05, 4.69) is 91.0 Å². The predicted octanol–water partition coefficient (Wildman–Crippen LogP) is 5.53. The molecule has 0 saturated carbocycles. The van der Waals surface area contributed by atoms with Crippen LogP contribution in [0.1, 0.15) is 47.0 Å². The lowest BCUT2D eigenvalue weighted by Crippen LogP contribution is -2.47. The van der Waals surface area contributed by atoms with Crippen LogP contribution in [-0.4, -0.2) is 34.9 Å². The summed E-state index contributed by atoms with van der Waals surface area (Å²) >= 11 is 0. The van der Waals surface area contributed by atoms with Gasteiger partial charge in [0.1, 0.15) is 23.2 Å². The molecule has 1 fully saturated rings. The second kappa shape index (κ2) is 10.8. The van der Waals surface area contributed by atoms with E-state index >= 15 is 0 Å². The monoisotopic (exact) mass is 503 g/mol. The van der Waals surface area contributed by atoms with E-state index in [-0.39, 0.29) is 5.97 Å². The van der Waals surface area contributed by atoms with Gasteiger partial charge >= 0.3 is 5.97 Å². The van der Waals surface area contributed by atoms with Crippen molar-refractivity contribution in [2.75, 3.05) is 12.8 Å². The molecule has 0 spiro atoms. The molecule has 1 atom stereocenters. The average molecular weight is 504 g/mol. The number of hydrogen-bond acceptors (Lipinski definition) is 3. The first-order valence-corrected chi connectivity index (χ1v) is 14.9. The highest BCUT2D eigenvalue weighted by atomic mass is 31.2. The molecule has 0 N–H and O–H groups in total. The van der Waals surface area contributed by atoms with E-state index in [1.807, 2.05) is 27.7 Å². The molecule has 5 heteroatoms. The molecule has 3 aromatic rings. The molecule has 1 aliphatic rings. The van der Waals surface area contributed by atoms with Crippen LogP contribution in [0, 0.1) is 5.92 Å². The lowest BCUT2D eigenvalue weighted by molar-refractivity contribution is -0.248. The van der Waals surface area contributed by atoms with Crippen molar-refractivity contribution in [3.63, 3.8) is 0 Å². The average Bonchev–Trinajstić information content (AvgIpc) is 3.06. The Morgan fingerprint density at radius 2 is 1.25 bits per heavy atom. The van der Waals surface area contributed by atoms with Gasteiger partial charge in [-0.2, -0.15) is 0 Å². The second-order valence-corrected chi connectivity index (χ2v) is 14.5. The topological polar surface area (TPSA) is 49.4 Å². The Morgan fingerprint density at radius 3 is 1.64 bits per heavy atom. The zero-order valence-electron chi connectivity index (χ0n) is 21.9. The van der Waals surface area contributed by atoms with E-state index in [0.717, 1.165) is 24.1 Å². The van der Waals surface area contributed by atoms with E-state index in [4.69, 9.17) is 4.74 Å². The summed E-state index contributed by atoms with van der Waals surface area (Å²) in [5, 5.41) is 17.8. The van der Waals surface area contributed by atoms with E-state index in [1.54, 1.807) is 0 Å². The third-order valence-corrected chi connectivity index (χ3v) is 12.2. The van der Waals surface area contributed by atoms with Crippen molar-refractivity contribution in [1.29, 1.82) is 0 Å². The van der Waals surface area contributed by atoms with Crippen LogP contribution in [0.4, 0.5) is 0 Å². The minimum absolute atomic E-state index is 0.248. The van der Waals surface area contributed by atoms with Crippen LogP contribution in [-0.2, 0) is 14.7 Å². The fourth-order valence-corrected chi connectivity index (χ4v) is 10.1. The summed E-state index contributed by atoms with van der Waals surface area (Å²) in [7, 11) is -1.87. The number of ether oxygens (including phenoxy) is 1. The van der Waals surface area contributed by atoms with Gasteiger partial charge in [0.05, 0.1) is 24.2 Å². The Balaban J connectivity index is 1.50. The number of esters is 1. The Bertz CT molecular complexity index is 1040. The third-order valence-electron chi connectivity index (χ3n) is 7.64. The Morgan fingerprint density at radius 1 is 0.806 bits per heavy atom. The normalized spacial score (nSPS) is 19.2. The standard InChI is InChI=1S/C31H38NO3P/c1-30(2)24-28(31(3,4)32(30)34)29(33)35-22-14-15-23-36(25-16-8-5-9-17-25,26-18-10-6-11-19-26)27-20-12-7-13-21-27/h5-13,16-21,28H,14-15,22-24H2,1-4H3/q+1. The Labute approximate surface area is 216 Å². The minimum Gasteiger partial charge on any atom is -0.465 e. The second-order valence-electron chi connectivity index (χ2n) is 10.9. The summed E-state index contributed by atoms with van der Waals surface area (Å²) in [5.41, 5.74) is -1.31. The van der Waals surface area contributed by atoms with Crippen LogP contribution in [0.15, 0.2) is 91.0 Å². The van der Waals surface area contributed by atoms with Gasteiger partial charge in [-0.3, -0.25) is 4.79 Å². The molecule has 0 aliphatic carbocycles. The fraction of sp³-hybridized carbons (Fsp3) is 0.387. The first kappa shape index (κ1) is 26.5. The highest BCUT2D eigenvalue weighted by Crippen LogP contribution is 2.56. The first-order valence-electron chi connectivity index (χ1n) is 12.9. The first-order chi connectivity index (χ1) is 17.2. The van der Waals surface area contributed by atoms with Gasteiger partial charge in [0.25, 0.3) is 0 Å². The molecule has 1 aliphatic heterocycles. The number of hydrogen-bond donors (Lipinski definition) is 0. The zero-order chi connectivity index (χ0) is 25.8. The molecule has 0 bridgehead atoms. The number of carbonyl (C=O) groups excluding carboxylic acids is 1. The smallest absolute Gasteiger partial charge is 0.310 e. The molecule has 36 heavy (non-hydrogen) atoms. The molecule has 1 saturated heterocycles. The number of rotatable bonds is 9. The third kappa shape index (κ3) is 5.13. The summed E-state index contributed by atoms with van der Waals surface area (Å²) in [6.07, 6.45) is 3.25. The van der Waals surface area contributed by atoms with Gasteiger partial charge in [0.15, 0.2) is 0 Å². The van der Waals surface area contributed by atoms with Crippen molar-refractivity contribution in [3.05, 3.63) is 91.0 Å². The molecule has 0 amide bonds. The van der Waals surface area contributed by atoms with Crippen LogP contribution >= 0.6 is 7.26 Å². The van der Waals surface area contributed by atoms with E-state index < -0.39 is 24.3 Å². The molecule has 1 unspecified atom stereocenters. The molecule has 3 aromatic carbocycles. The predicted molar refractivity (Wildman–Crippen MR) is 149 cm³/mol. The molecular formula is C31H38NO3P+. The van der Waals surface area contributed by atoms with E-state index in [9.17, 15) is 10.0 Å². The summed E-state index contributed by atoms with van der Waals surface area (Å²) in [5.74, 6) is -0.656. The van der Waals surface area contributed by atoms with Gasteiger partial charge in [-0.1, -0.05) is 54.6 Å². The van der Waals surface area contributed by atoms with Crippen molar-refractivity contribution in [1.82, 2.24) is 5.06 Å². The van der Waals surface area contributed by atoms with Crippen molar-refractivity contribution >= 4 is 29.1 Å². The van der Waals surface area contributed by atoms with Crippen LogP contribution in [0.25, 0.3) is 0 Å². The van der Waals surface area contributed by atoms with E-state index in [1.165, 1.54) is 15.9 Å². The van der Waals surface area contributed by atoms with Crippen LogP contribution in [0.5, 0.6) is 0 Å². The van der Waals surface area contributed by atoms with Crippen LogP contribution in [0.2, 0.25) is 0 Å². The molecule has 4 rings (SSSR count). The zero-order valence-corrected chi connectivity index (χ0v) is 22.8. The fourth-order valence-electron chi connectivity index (χ4n) is 5.73. The Kier molecular flexibility index (Phi) is 7.99. The Hall–Kier alpha value is -2.52. The number of unbranched alkanes of at least 4 members (excludes halogenated alkanes) is 1. The van der Waals surface area contributed by atoms with Gasteiger partial charge in [0.2, 0.25) is 0 Å². The summed E-state index contributed by atoms with van der Waals surface area (Å²) in [6, 6.07) is 32.5.